The second-order valence-electron chi connectivity index (χ2n) is 3.89. The van der Waals surface area contributed by atoms with Crippen molar-refractivity contribution >= 4 is 0 Å². The second-order valence-corrected chi connectivity index (χ2v) is 3.89. The van der Waals surface area contributed by atoms with Crippen LogP contribution >= 0.6 is 0 Å². The molecule has 1 aromatic rings. The van der Waals surface area contributed by atoms with E-state index in [0.717, 1.165) is 0 Å². The molecule has 1 rings (SSSR count). The lowest BCUT2D eigenvalue weighted by Crippen LogP contribution is -1.83. The zero-order valence-electron chi connectivity index (χ0n) is 15.9. The third kappa shape index (κ3) is 43.4. The zero-order chi connectivity index (χ0) is 16.6. The molecule has 124 valence electrons. The maximum Gasteiger partial charge on any atom is 0.0489 e. The SMILES string of the molecule is CC.CC.CCCC.CCCCCC.Cn1cccn1. The van der Waals surface area contributed by atoms with Crippen LogP contribution in [0.5, 0.6) is 0 Å². The number of aromatic nitrogens is 2. The monoisotopic (exact) mass is 286 g/mol. The van der Waals surface area contributed by atoms with Crippen LogP contribution in [0.2, 0.25) is 0 Å². The van der Waals surface area contributed by atoms with Crippen molar-refractivity contribution in [3.8, 4) is 0 Å². The Kier molecular flexibility index (Phi) is 49.8. The molecular formula is C18H42N2. The quantitative estimate of drug-likeness (QED) is 0.552. The molecule has 1 aromatic heterocycles. The van der Waals surface area contributed by atoms with Crippen molar-refractivity contribution in [2.75, 3.05) is 0 Å². The molecule has 0 aliphatic carbocycles. The van der Waals surface area contributed by atoms with E-state index in [2.05, 4.69) is 32.8 Å². The van der Waals surface area contributed by atoms with E-state index < -0.39 is 0 Å². The molecule has 0 unspecified atom stereocenters. The van der Waals surface area contributed by atoms with Crippen molar-refractivity contribution in [3.63, 3.8) is 0 Å². The Hall–Kier alpha value is -0.790. The molecule has 0 amide bonds. The van der Waals surface area contributed by atoms with Crippen LogP contribution < -0.4 is 0 Å². The first kappa shape index (κ1) is 27.5. The van der Waals surface area contributed by atoms with Gasteiger partial charge >= 0.3 is 0 Å². The number of rotatable bonds is 4. The standard InChI is InChI=1S/C6H14.C4H6N2.C4H10.2C2H6/c1-3-5-6-4-2;1-6-4-2-3-5-6;1-3-4-2;2*1-2/h3-6H2,1-2H3;2-4H,1H3;3-4H2,1-2H3;2*1-2H3. The predicted octanol–water partition coefficient (Wildman–Crippen LogP) is 6.87. The zero-order valence-corrected chi connectivity index (χ0v) is 15.9. The summed E-state index contributed by atoms with van der Waals surface area (Å²) in [7, 11) is 1.89. The van der Waals surface area contributed by atoms with Gasteiger partial charge < -0.3 is 0 Å². The molecule has 0 aliphatic rings. The van der Waals surface area contributed by atoms with Gasteiger partial charge in [-0.2, -0.15) is 5.10 Å². The van der Waals surface area contributed by atoms with Crippen LogP contribution in [-0.4, -0.2) is 9.78 Å². The van der Waals surface area contributed by atoms with E-state index in [4.69, 9.17) is 0 Å². The van der Waals surface area contributed by atoms with Crippen molar-refractivity contribution in [2.45, 2.75) is 93.9 Å². The molecule has 0 spiro atoms. The highest BCUT2D eigenvalue weighted by atomic mass is 15.2. The van der Waals surface area contributed by atoms with Crippen molar-refractivity contribution in [1.29, 1.82) is 0 Å². The second kappa shape index (κ2) is 36.2. The topological polar surface area (TPSA) is 17.8 Å². The maximum atomic E-state index is 3.83. The summed E-state index contributed by atoms with van der Waals surface area (Å²) < 4.78 is 1.75. The Morgan fingerprint density at radius 2 is 1.15 bits per heavy atom. The lowest BCUT2D eigenvalue weighted by molar-refractivity contribution is 0.702. The van der Waals surface area contributed by atoms with Crippen molar-refractivity contribution in [1.82, 2.24) is 9.78 Å². The Morgan fingerprint density at radius 1 is 0.750 bits per heavy atom. The van der Waals surface area contributed by atoms with Gasteiger partial charge in [-0.05, 0) is 6.07 Å². The van der Waals surface area contributed by atoms with Crippen LogP contribution in [0.15, 0.2) is 18.5 Å². The molecule has 0 aromatic carbocycles. The minimum Gasteiger partial charge on any atom is -0.276 e. The van der Waals surface area contributed by atoms with Crippen LogP contribution in [0, 0.1) is 0 Å². The molecule has 0 bridgehead atoms. The molecule has 2 nitrogen and oxygen atoms in total. The van der Waals surface area contributed by atoms with Crippen molar-refractivity contribution < 1.29 is 0 Å². The predicted molar refractivity (Wildman–Crippen MR) is 96.3 cm³/mol. The third-order valence-corrected chi connectivity index (χ3v) is 2.09. The number of hydrogen-bond donors (Lipinski definition) is 0. The first-order chi connectivity index (χ1) is 9.72. The van der Waals surface area contributed by atoms with Crippen molar-refractivity contribution in [2.24, 2.45) is 7.05 Å². The van der Waals surface area contributed by atoms with Gasteiger partial charge in [-0.1, -0.05) is 93.9 Å². The summed E-state index contributed by atoms with van der Waals surface area (Å²) in [6.07, 6.45) is 11.8. The lowest BCUT2D eigenvalue weighted by Gasteiger charge is -1.86. The average Bonchev–Trinajstić information content (AvgIpc) is 3.01. The summed E-state index contributed by atoms with van der Waals surface area (Å²) in [6, 6.07) is 1.89. The van der Waals surface area contributed by atoms with Gasteiger partial charge in [0.2, 0.25) is 0 Å². The van der Waals surface area contributed by atoms with Crippen molar-refractivity contribution in [3.05, 3.63) is 18.5 Å². The highest BCUT2D eigenvalue weighted by molar-refractivity contribution is 4.75. The van der Waals surface area contributed by atoms with E-state index in [-0.39, 0.29) is 0 Å². The Labute approximate surface area is 130 Å². The van der Waals surface area contributed by atoms with Crippen LogP contribution in [0.25, 0.3) is 0 Å². The van der Waals surface area contributed by atoms with Gasteiger partial charge in [0.1, 0.15) is 0 Å². The number of nitrogens with zero attached hydrogens (tertiary/aromatic N) is 2. The number of aryl methyl sites for hydroxylation is 1. The summed E-state index contributed by atoms with van der Waals surface area (Å²) >= 11 is 0. The summed E-state index contributed by atoms with van der Waals surface area (Å²) in [5.74, 6) is 0. The first-order valence-corrected chi connectivity index (χ1v) is 8.66. The van der Waals surface area contributed by atoms with Gasteiger partial charge in [0.05, 0.1) is 0 Å². The van der Waals surface area contributed by atoms with Gasteiger partial charge in [-0.25, -0.2) is 0 Å². The summed E-state index contributed by atoms with van der Waals surface area (Å²) in [4.78, 5) is 0. The van der Waals surface area contributed by atoms with Crippen LogP contribution in [0.1, 0.15) is 93.9 Å². The number of hydrogen-bond acceptors (Lipinski definition) is 1. The fourth-order valence-corrected chi connectivity index (χ4v) is 0.845. The number of unbranched alkanes of at least 4 members (excludes halogenated alkanes) is 4. The van der Waals surface area contributed by atoms with E-state index in [1.807, 2.05) is 47.0 Å². The Morgan fingerprint density at radius 3 is 1.25 bits per heavy atom. The fourth-order valence-electron chi connectivity index (χ4n) is 0.845. The van der Waals surface area contributed by atoms with E-state index in [0.29, 0.717) is 0 Å². The molecule has 0 radical (unpaired) electrons. The highest BCUT2D eigenvalue weighted by Gasteiger charge is 1.75. The molecular weight excluding hydrogens is 244 g/mol. The summed E-state index contributed by atoms with van der Waals surface area (Å²) in [5, 5.41) is 3.83. The van der Waals surface area contributed by atoms with E-state index in [1.165, 1.54) is 38.5 Å². The summed E-state index contributed by atoms with van der Waals surface area (Å²) in [5.41, 5.74) is 0. The van der Waals surface area contributed by atoms with Gasteiger partial charge in [-0.15, -0.1) is 0 Å². The van der Waals surface area contributed by atoms with Gasteiger partial charge in [0.25, 0.3) is 0 Å². The van der Waals surface area contributed by atoms with E-state index in [9.17, 15) is 0 Å². The molecule has 0 atom stereocenters. The Bertz CT molecular complexity index is 175. The molecule has 0 saturated carbocycles. The maximum absolute atomic E-state index is 3.83. The van der Waals surface area contributed by atoms with Crippen LogP contribution in [-0.2, 0) is 7.05 Å². The van der Waals surface area contributed by atoms with E-state index >= 15 is 0 Å². The molecule has 0 saturated heterocycles. The first-order valence-electron chi connectivity index (χ1n) is 8.66. The smallest absolute Gasteiger partial charge is 0.0489 e. The molecule has 20 heavy (non-hydrogen) atoms. The van der Waals surface area contributed by atoms with Crippen LogP contribution in [0.3, 0.4) is 0 Å². The largest absolute Gasteiger partial charge is 0.276 e. The molecule has 1 heterocycles. The minimum absolute atomic E-state index is 1.32. The molecule has 0 fully saturated rings. The van der Waals surface area contributed by atoms with Gasteiger partial charge in [0.15, 0.2) is 0 Å². The average molecular weight is 287 g/mol. The van der Waals surface area contributed by atoms with E-state index in [1.54, 1.807) is 10.9 Å². The Balaban J connectivity index is -0.0000000867. The molecule has 0 N–H and O–H groups in total. The minimum atomic E-state index is 1.32. The molecule has 2 heteroatoms. The normalized spacial score (nSPS) is 7.45. The van der Waals surface area contributed by atoms with Crippen LogP contribution in [0.4, 0.5) is 0 Å². The highest BCUT2D eigenvalue weighted by Crippen LogP contribution is 1.95. The lowest BCUT2D eigenvalue weighted by atomic mass is 10.2. The van der Waals surface area contributed by atoms with Gasteiger partial charge in [0, 0.05) is 19.4 Å². The van der Waals surface area contributed by atoms with Gasteiger partial charge in [-0.3, -0.25) is 4.68 Å². The fraction of sp³-hybridized carbons (Fsp3) is 0.833. The summed E-state index contributed by atoms with van der Waals surface area (Å²) in [6.45, 7) is 16.8. The molecule has 0 aliphatic heterocycles. The third-order valence-electron chi connectivity index (χ3n) is 2.09.